The fourth-order valence-electron chi connectivity index (χ4n) is 2.71. The van der Waals surface area contributed by atoms with Crippen molar-refractivity contribution in [3.8, 4) is 17.2 Å². The third kappa shape index (κ3) is 5.30. The molecule has 0 bridgehead atoms. The fraction of sp³-hybridized carbons (Fsp3) is 0.136. The Morgan fingerprint density at radius 2 is 1.46 bits per heavy atom. The van der Waals surface area contributed by atoms with Gasteiger partial charge in [-0.1, -0.05) is 37.2 Å². The van der Waals surface area contributed by atoms with E-state index in [1.54, 1.807) is 12.4 Å². The molecule has 3 aromatic carbocycles. The van der Waals surface area contributed by atoms with Crippen LogP contribution in [0.25, 0.3) is 0 Å². The number of hydrogen-bond acceptors (Lipinski definition) is 3. The maximum atomic E-state index is 12.3. The first kappa shape index (κ1) is 19.8. The van der Waals surface area contributed by atoms with Gasteiger partial charge in [0.25, 0.3) is 0 Å². The summed E-state index contributed by atoms with van der Waals surface area (Å²) in [6.07, 6.45) is 0. The number of hydrogen-bond donors (Lipinski definition) is 0. The Morgan fingerprint density at radius 3 is 2.04 bits per heavy atom. The van der Waals surface area contributed by atoms with Gasteiger partial charge in [0.2, 0.25) is 5.91 Å². The number of carbonyl (C=O) groups excluding carboxylic acids is 1. The van der Waals surface area contributed by atoms with E-state index in [1.807, 2.05) is 85.7 Å². The largest absolute Gasteiger partial charge is 0.564 e. The van der Waals surface area contributed by atoms with Gasteiger partial charge in [0.05, 0.1) is 12.3 Å². The van der Waals surface area contributed by atoms with Crippen molar-refractivity contribution in [3.05, 3.63) is 84.4 Å². The number of alkyl halides is 1. The molecule has 0 unspecified atom stereocenters. The van der Waals surface area contributed by atoms with Gasteiger partial charge < -0.3 is 14.3 Å². The van der Waals surface area contributed by atoms with E-state index in [0.717, 1.165) is 17.0 Å². The van der Waals surface area contributed by atoms with E-state index in [2.05, 4.69) is 0 Å². The van der Waals surface area contributed by atoms with Crippen molar-refractivity contribution in [3.63, 3.8) is 0 Å². The summed E-state index contributed by atoms with van der Waals surface area (Å²) in [7, 11) is 1.62. The van der Waals surface area contributed by atoms with Crippen molar-refractivity contribution >= 4 is 30.7 Å². The maximum Gasteiger partial charge on any atom is 0.366 e. The van der Waals surface area contributed by atoms with E-state index in [1.165, 1.54) is 0 Å². The number of halogens is 1. The molecular formula is C22H20BClNO3. The molecule has 0 aliphatic carbocycles. The Morgan fingerprint density at radius 1 is 0.893 bits per heavy atom. The number of rotatable bonds is 8. The molecule has 0 N–H and O–H groups in total. The summed E-state index contributed by atoms with van der Waals surface area (Å²) in [5.74, 6) is 1.91. The lowest BCUT2D eigenvalue weighted by molar-refractivity contribution is -0.116. The highest BCUT2D eigenvalue weighted by Crippen LogP contribution is 2.27. The van der Waals surface area contributed by atoms with Crippen LogP contribution in [0.4, 0.5) is 5.69 Å². The zero-order valence-electron chi connectivity index (χ0n) is 15.5. The summed E-state index contributed by atoms with van der Waals surface area (Å²) >= 11 is 5.81. The van der Waals surface area contributed by atoms with Gasteiger partial charge in [0.15, 0.2) is 0 Å². The first-order valence-corrected chi connectivity index (χ1v) is 9.46. The molecule has 0 fully saturated rings. The third-order valence-electron chi connectivity index (χ3n) is 4.06. The molecule has 0 heterocycles. The molecule has 6 heteroatoms. The van der Waals surface area contributed by atoms with E-state index in [-0.39, 0.29) is 11.8 Å². The van der Waals surface area contributed by atoms with E-state index >= 15 is 0 Å². The summed E-state index contributed by atoms with van der Waals surface area (Å²) in [6.45, 7) is 2.28. The molecule has 3 rings (SSSR count). The smallest absolute Gasteiger partial charge is 0.366 e. The van der Waals surface area contributed by atoms with Gasteiger partial charge in [-0.2, -0.15) is 0 Å². The lowest BCUT2D eigenvalue weighted by atomic mass is 10.1. The van der Waals surface area contributed by atoms with Crippen LogP contribution < -0.4 is 14.3 Å². The molecule has 0 saturated heterocycles. The quantitative estimate of drug-likeness (QED) is 0.386. The van der Waals surface area contributed by atoms with Crippen molar-refractivity contribution in [2.45, 2.75) is 13.4 Å². The molecule has 0 atom stereocenters. The number of anilines is 1. The lowest BCUT2D eigenvalue weighted by Gasteiger charge is -2.22. The molecular weight excluding hydrogens is 373 g/mol. The van der Waals surface area contributed by atoms with Crippen molar-refractivity contribution < 1.29 is 14.2 Å². The monoisotopic (exact) mass is 392 g/mol. The molecule has 1 radical (unpaired) electrons. The fourth-order valence-corrected chi connectivity index (χ4v) is 2.86. The van der Waals surface area contributed by atoms with Crippen LogP contribution >= 0.6 is 11.6 Å². The van der Waals surface area contributed by atoms with Crippen molar-refractivity contribution in [1.82, 2.24) is 0 Å². The normalized spacial score (nSPS) is 10.2. The number of carbonyl (C=O) groups is 1. The Labute approximate surface area is 170 Å². The summed E-state index contributed by atoms with van der Waals surface area (Å²) in [6, 6.07) is 24.5. The van der Waals surface area contributed by atoms with E-state index in [0.29, 0.717) is 18.0 Å². The van der Waals surface area contributed by atoms with Gasteiger partial charge in [0, 0.05) is 5.69 Å². The second-order valence-electron chi connectivity index (χ2n) is 6.02. The molecule has 1 amide bonds. The highest BCUT2D eigenvalue weighted by atomic mass is 35.5. The van der Waals surface area contributed by atoms with Crippen LogP contribution in [0.5, 0.6) is 17.2 Å². The summed E-state index contributed by atoms with van der Waals surface area (Å²) in [5, 5.41) is 0. The van der Waals surface area contributed by atoms with Gasteiger partial charge in [-0.05, 0) is 54.1 Å². The molecule has 0 spiro atoms. The number of ether oxygens (including phenoxy) is 1. The zero-order chi connectivity index (χ0) is 19.8. The van der Waals surface area contributed by atoms with Crippen LogP contribution in [0.3, 0.4) is 0 Å². The second-order valence-corrected chi connectivity index (χ2v) is 6.29. The number of benzene rings is 3. The predicted molar refractivity (Wildman–Crippen MR) is 114 cm³/mol. The third-order valence-corrected chi connectivity index (χ3v) is 4.29. The average Bonchev–Trinajstić information content (AvgIpc) is 2.74. The van der Waals surface area contributed by atoms with Gasteiger partial charge in [0.1, 0.15) is 17.4 Å². The summed E-state index contributed by atoms with van der Waals surface area (Å²) in [4.78, 5) is 14.0. The standard InChI is InChI=1S/C22H20BClNO3/c1-23-28-21-13-11-20(12-14-21)27-19-9-7-18(8-10-19)25(22(26)15-24)16-17-5-3-2-4-6-17/h2-14H,15-16H2,1H3. The van der Waals surface area contributed by atoms with Crippen molar-refractivity contribution in [2.75, 3.05) is 10.8 Å². The minimum atomic E-state index is -0.150. The second kappa shape index (κ2) is 9.86. The highest BCUT2D eigenvalue weighted by Gasteiger charge is 2.15. The Balaban J connectivity index is 1.72. The molecule has 0 aliphatic heterocycles. The van der Waals surface area contributed by atoms with E-state index < -0.39 is 0 Å². The van der Waals surface area contributed by atoms with E-state index in [4.69, 9.17) is 21.0 Å². The zero-order valence-corrected chi connectivity index (χ0v) is 16.3. The Hall–Kier alpha value is -2.92. The molecule has 0 saturated carbocycles. The molecule has 0 aliphatic rings. The van der Waals surface area contributed by atoms with Crippen LogP contribution in [-0.2, 0) is 11.3 Å². The highest BCUT2D eigenvalue weighted by molar-refractivity contribution is 6.29. The first-order valence-electron chi connectivity index (χ1n) is 8.92. The van der Waals surface area contributed by atoms with Crippen LogP contribution in [-0.4, -0.2) is 19.3 Å². The van der Waals surface area contributed by atoms with Gasteiger partial charge in [-0.15, -0.1) is 11.6 Å². The van der Waals surface area contributed by atoms with Crippen LogP contribution in [0.2, 0.25) is 6.82 Å². The SMILES string of the molecule is C[B]Oc1ccc(Oc2ccc(N(Cc3ccccc3)C(=O)CCl)cc2)cc1. The molecule has 3 aromatic rings. The molecule has 4 nitrogen and oxygen atoms in total. The number of nitrogens with zero attached hydrogens (tertiary/aromatic N) is 1. The topological polar surface area (TPSA) is 38.8 Å². The Kier molecular flexibility index (Phi) is 6.98. The summed E-state index contributed by atoms with van der Waals surface area (Å²) < 4.78 is 11.2. The molecule has 141 valence electrons. The van der Waals surface area contributed by atoms with E-state index in [9.17, 15) is 4.79 Å². The molecule has 28 heavy (non-hydrogen) atoms. The van der Waals surface area contributed by atoms with Gasteiger partial charge in [-0.3, -0.25) is 4.79 Å². The minimum absolute atomic E-state index is 0.0747. The van der Waals surface area contributed by atoms with Crippen LogP contribution in [0.15, 0.2) is 78.9 Å². The Bertz CT molecular complexity index is 886. The van der Waals surface area contributed by atoms with Crippen molar-refractivity contribution in [1.29, 1.82) is 0 Å². The van der Waals surface area contributed by atoms with Gasteiger partial charge >= 0.3 is 7.48 Å². The van der Waals surface area contributed by atoms with Crippen LogP contribution in [0, 0.1) is 0 Å². The minimum Gasteiger partial charge on any atom is -0.564 e. The predicted octanol–water partition coefficient (Wildman–Crippen LogP) is 5.30. The number of amides is 1. The first-order chi connectivity index (χ1) is 13.7. The molecule has 0 aromatic heterocycles. The van der Waals surface area contributed by atoms with Crippen LogP contribution in [0.1, 0.15) is 5.56 Å². The average molecular weight is 393 g/mol. The summed E-state index contributed by atoms with van der Waals surface area (Å²) in [5.41, 5.74) is 1.80. The lowest BCUT2D eigenvalue weighted by Crippen LogP contribution is -2.31. The van der Waals surface area contributed by atoms with Crippen molar-refractivity contribution in [2.24, 2.45) is 0 Å². The van der Waals surface area contributed by atoms with Gasteiger partial charge in [-0.25, -0.2) is 0 Å². The maximum absolute atomic E-state index is 12.3.